The highest BCUT2D eigenvalue weighted by Crippen LogP contribution is 2.34. The van der Waals surface area contributed by atoms with Crippen LogP contribution in [0, 0.1) is 6.92 Å². The minimum Gasteiger partial charge on any atom is -0.507 e. The maximum Gasteiger partial charge on any atom is 0.293 e. The number of hydrogen-bond donors (Lipinski definition) is 1. The number of carbonyl (C=O) groups is 2. The van der Waals surface area contributed by atoms with Gasteiger partial charge in [0.15, 0.2) is 0 Å². The third kappa shape index (κ3) is 4.67. The molecule has 0 unspecified atom stereocenters. The standard InChI is InChI=1S/C21H21NO5S/c1-3-26-17-8-9-18(23)15(12-17)13-19-20(24)22(21(25)28-19)10-11-27-16-6-4-14(2)5-7-16/h4-9,12-13,23H,3,10-11H2,1-2H3/b19-13-. The molecule has 2 aromatic rings. The van der Waals surface area contributed by atoms with Crippen molar-refractivity contribution in [2.45, 2.75) is 13.8 Å². The predicted octanol–water partition coefficient (Wildman–Crippen LogP) is 4.21. The minimum atomic E-state index is -0.399. The molecular formula is C21H21NO5S. The summed E-state index contributed by atoms with van der Waals surface area (Å²) in [6.45, 7) is 4.69. The van der Waals surface area contributed by atoms with Gasteiger partial charge in [-0.25, -0.2) is 0 Å². The lowest BCUT2D eigenvalue weighted by molar-refractivity contribution is -0.123. The number of phenolic OH excluding ortho intramolecular Hbond substituents is 1. The Kier molecular flexibility index (Phi) is 6.26. The Morgan fingerprint density at radius 2 is 1.79 bits per heavy atom. The number of phenols is 1. The van der Waals surface area contributed by atoms with E-state index in [2.05, 4.69) is 0 Å². The maximum atomic E-state index is 12.6. The largest absolute Gasteiger partial charge is 0.507 e. The number of hydrogen-bond acceptors (Lipinski definition) is 6. The quantitative estimate of drug-likeness (QED) is 0.703. The highest BCUT2D eigenvalue weighted by atomic mass is 32.2. The molecule has 6 nitrogen and oxygen atoms in total. The minimum absolute atomic E-state index is 0.0120. The van der Waals surface area contributed by atoms with E-state index in [9.17, 15) is 14.7 Å². The number of carbonyl (C=O) groups excluding carboxylic acids is 2. The average Bonchev–Trinajstić information content (AvgIpc) is 2.93. The summed E-state index contributed by atoms with van der Waals surface area (Å²) >= 11 is 0.844. The molecule has 1 aliphatic heterocycles. The number of ether oxygens (including phenoxy) is 2. The summed E-state index contributed by atoms with van der Waals surface area (Å²) in [6.07, 6.45) is 1.50. The highest BCUT2D eigenvalue weighted by molar-refractivity contribution is 8.18. The van der Waals surface area contributed by atoms with Crippen LogP contribution in [0.2, 0.25) is 0 Å². The highest BCUT2D eigenvalue weighted by Gasteiger charge is 2.35. The molecule has 1 saturated heterocycles. The van der Waals surface area contributed by atoms with Crippen LogP contribution in [-0.2, 0) is 4.79 Å². The van der Waals surface area contributed by atoms with Crippen molar-refractivity contribution in [3.63, 3.8) is 0 Å². The van der Waals surface area contributed by atoms with Crippen LogP contribution in [-0.4, -0.2) is 40.9 Å². The first-order chi connectivity index (χ1) is 13.5. The van der Waals surface area contributed by atoms with Gasteiger partial charge in [-0.1, -0.05) is 17.7 Å². The van der Waals surface area contributed by atoms with Gasteiger partial charge in [0.05, 0.1) is 18.1 Å². The number of nitrogens with zero attached hydrogens (tertiary/aromatic N) is 1. The molecule has 1 fully saturated rings. The maximum absolute atomic E-state index is 12.6. The van der Waals surface area contributed by atoms with Gasteiger partial charge >= 0.3 is 0 Å². The van der Waals surface area contributed by atoms with Gasteiger partial charge in [0.25, 0.3) is 11.1 Å². The van der Waals surface area contributed by atoms with Gasteiger partial charge < -0.3 is 14.6 Å². The number of thioether (sulfide) groups is 1. The van der Waals surface area contributed by atoms with E-state index in [1.54, 1.807) is 12.1 Å². The summed E-state index contributed by atoms with van der Waals surface area (Å²) in [6, 6.07) is 12.3. The Morgan fingerprint density at radius 1 is 1.07 bits per heavy atom. The molecule has 0 aliphatic carbocycles. The zero-order valence-electron chi connectivity index (χ0n) is 15.7. The second kappa shape index (κ2) is 8.84. The third-order valence-electron chi connectivity index (χ3n) is 4.07. The van der Waals surface area contributed by atoms with Crippen molar-refractivity contribution in [3.8, 4) is 17.2 Å². The second-order valence-electron chi connectivity index (χ2n) is 6.15. The van der Waals surface area contributed by atoms with E-state index in [-0.39, 0.29) is 29.0 Å². The molecule has 0 saturated carbocycles. The second-order valence-corrected chi connectivity index (χ2v) is 7.14. The van der Waals surface area contributed by atoms with E-state index in [4.69, 9.17) is 9.47 Å². The van der Waals surface area contributed by atoms with E-state index in [0.29, 0.717) is 23.7 Å². The summed E-state index contributed by atoms with van der Waals surface area (Å²) in [4.78, 5) is 26.2. The zero-order chi connectivity index (χ0) is 20.1. The molecule has 146 valence electrons. The van der Waals surface area contributed by atoms with Crippen LogP contribution in [0.1, 0.15) is 18.1 Å². The first-order valence-corrected chi connectivity index (χ1v) is 9.70. The Labute approximate surface area is 167 Å². The molecule has 2 amide bonds. The van der Waals surface area contributed by atoms with Gasteiger partial charge in [0, 0.05) is 5.56 Å². The smallest absolute Gasteiger partial charge is 0.293 e. The monoisotopic (exact) mass is 399 g/mol. The molecule has 28 heavy (non-hydrogen) atoms. The SMILES string of the molecule is CCOc1ccc(O)c(/C=C2\SC(=O)N(CCOc3ccc(C)cc3)C2=O)c1. The molecule has 0 atom stereocenters. The van der Waals surface area contributed by atoms with Gasteiger partial charge in [-0.05, 0) is 62.0 Å². The van der Waals surface area contributed by atoms with Gasteiger partial charge in [-0.2, -0.15) is 0 Å². The Morgan fingerprint density at radius 3 is 2.50 bits per heavy atom. The number of imide groups is 1. The lowest BCUT2D eigenvalue weighted by Gasteiger charge is -2.13. The number of amides is 2. The van der Waals surface area contributed by atoms with Crippen LogP contribution < -0.4 is 9.47 Å². The third-order valence-corrected chi connectivity index (χ3v) is 4.98. The Hall–Kier alpha value is -2.93. The van der Waals surface area contributed by atoms with Crippen molar-refractivity contribution in [1.29, 1.82) is 0 Å². The molecule has 0 radical (unpaired) electrons. The van der Waals surface area contributed by atoms with E-state index < -0.39 is 5.91 Å². The number of benzene rings is 2. The first-order valence-electron chi connectivity index (χ1n) is 8.88. The van der Waals surface area contributed by atoms with E-state index in [0.717, 1.165) is 22.2 Å². The van der Waals surface area contributed by atoms with Crippen LogP contribution in [0.4, 0.5) is 4.79 Å². The summed E-state index contributed by atoms with van der Waals surface area (Å²) in [5.41, 5.74) is 1.55. The first kappa shape index (κ1) is 19.8. The number of rotatable bonds is 7. The zero-order valence-corrected chi connectivity index (χ0v) is 16.5. The van der Waals surface area contributed by atoms with Crippen molar-refractivity contribution >= 4 is 29.0 Å². The van der Waals surface area contributed by atoms with Crippen LogP contribution in [0.15, 0.2) is 47.4 Å². The predicted molar refractivity (Wildman–Crippen MR) is 109 cm³/mol. The van der Waals surface area contributed by atoms with Crippen molar-refractivity contribution in [3.05, 3.63) is 58.5 Å². The van der Waals surface area contributed by atoms with Crippen LogP contribution in [0.25, 0.3) is 6.08 Å². The summed E-state index contributed by atoms with van der Waals surface area (Å²) in [5, 5.41) is 9.67. The molecule has 1 heterocycles. The fraction of sp³-hybridized carbons (Fsp3) is 0.238. The molecule has 3 rings (SSSR count). The molecule has 0 spiro atoms. The van der Waals surface area contributed by atoms with E-state index in [1.807, 2.05) is 38.1 Å². The normalized spacial score (nSPS) is 15.4. The molecule has 0 aromatic heterocycles. The van der Waals surface area contributed by atoms with Gasteiger partial charge in [0.2, 0.25) is 0 Å². The molecule has 7 heteroatoms. The summed E-state index contributed by atoms with van der Waals surface area (Å²) < 4.78 is 11.0. The van der Waals surface area contributed by atoms with Crippen LogP contribution >= 0.6 is 11.8 Å². The molecular weight excluding hydrogens is 378 g/mol. The molecule has 2 aromatic carbocycles. The van der Waals surface area contributed by atoms with Crippen molar-refractivity contribution < 1.29 is 24.2 Å². The lowest BCUT2D eigenvalue weighted by atomic mass is 10.1. The fourth-order valence-electron chi connectivity index (χ4n) is 2.63. The Balaban J connectivity index is 1.66. The summed E-state index contributed by atoms with van der Waals surface area (Å²) in [5.74, 6) is 0.879. The molecule has 1 aliphatic rings. The Bertz CT molecular complexity index is 908. The van der Waals surface area contributed by atoms with Crippen LogP contribution in [0.5, 0.6) is 17.2 Å². The number of aromatic hydroxyl groups is 1. The van der Waals surface area contributed by atoms with Crippen molar-refractivity contribution in [1.82, 2.24) is 4.90 Å². The van der Waals surface area contributed by atoms with Crippen LogP contribution in [0.3, 0.4) is 0 Å². The summed E-state index contributed by atoms with van der Waals surface area (Å²) in [7, 11) is 0. The molecule has 1 N–H and O–H groups in total. The van der Waals surface area contributed by atoms with Gasteiger partial charge in [-0.15, -0.1) is 0 Å². The lowest BCUT2D eigenvalue weighted by Crippen LogP contribution is -2.32. The van der Waals surface area contributed by atoms with E-state index >= 15 is 0 Å². The van der Waals surface area contributed by atoms with Gasteiger partial charge in [0.1, 0.15) is 23.9 Å². The van der Waals surface area contributed by atoms with Crippen molar-refractivity contribution in [2.75, 3.05) is 19.8 Å². The topological polar surface area (TPSA) is 76.1 Å². The molecule has 0 bridgehead atoms. The fourth-order valence-corrected chi connectivity index (χ4v) is 3.48. The average molecular weight is 399 g/mol. The number of aryl methyl sites for hydroxylation is 1. The van der Waals surface area contributed by atoms with Crippen molar-refractivity contribution in [2.24, 2.45) is 0 Å². The van der Waals surface area contributed by atoms with Gasteiger partial charge in [-0.3, -0.25) is 14.5 Å². The van der Waals surface area contributed by atoms with E-state index in [1.165, 1.54) is 12.1 Å².